The van der Waals surface area contributed by atoms with Crippen molar-refractivity contribution in [2.75, 3.05) is 6.61 Å². The van der Waals surface area contributed by atoms with Gasteiger partial charge >= 0.3 is 6.01 Å². The summed E-state index contributed by atoms with van der Waals surface area (Å²) >= 11 is 3.38. The average molecular weight is 283 g/mol. The van der Waals surface area contributed by atoms with E-state index in [0.29, 0.717) is 0 Å². The summed E-state index contributed by atoms with van der Waals surface area (Å²) in [6.45, 7) is 1.85. The molecule has 1 N–H and O–H groups in total. The lowest BCUT2D eigenvalue weighted by atomic mass is 10.2. The van der Waals surface area contributed by atoms with Gasteiger partial charge in [0.25, 0.3) is 0 Å². The molecule has 0 aliphatic carbocycles. The molecule has 0 saturated heterocycles. The van der Waals surface area contributed by atoms with Crippen molar-refractivity contribution in [2.45, 2.75) is 13.0 Å². The van der Waals surface area contributed by atoms with Gasteiger partial charge in [0, 0.05) is 16.1 Å². The van der Waals surface area contributed by atoms with Crippen LogP contribution in [-0.4, -0.2) is 27.8 Å². The van der Waals surface area contributed by atoms with Crippen LogP contribution in [0.3, 0.4) is 0 Å². The zero-order valence-corrected chi connectivity index (χ0v) is 10.3. The van der Waals surface area contributed by atoms with Crippen LogP contribution >= 0.6 is 15.9 Å². The summed E-state index contributed by atoms with van der Waals surface area (Å²) in [6.07, 6.45) is 1.18. The van der Waals surface area contributed by atoms with Gasteiger partial charge in [-0.3, -0.25) is 0 Å². The number of benzene rings is 1. The van der Waals surface area contributed by atoms with Crippen molar-refractivity contribution >= 4 is 26.8 Å². The Morgan fingerprint density at radius 2 is 2.31 bits per heavy atom. The third kappa shape index (κ3) is 2.68. The molecule has 16 heavy (non-hydrogen) atoms. The first-order valence-corrected chi connectivity index (χ1v) is 5.67. The van der Waals surface area contributed by atoms with Gasteiger partial charge in [-0.1, -0.05) is 15.9 Å². The summed E-state index contributed by atoms with van der Waals surface area (Å²) in [5, 5.41) is 10.0. The quantitative estimate of drug-likeness (QED) is 0.937. The summed E-state index contributed by atoms with van der Waals surface area (Å²) in [6, 6.07) is 6.02. The zero-order chi connectivity index (χ0) is 11.5. The molecule has 0 amide bonds. The Labute approximate surface area is 101 Å². The predicted octanol–water partition coefficient (Wildman–Crippen LogP) is 2.15. The van der Waals surface area contributed by atoms with Gasteiger partial charge in [0.05, 0.1) is 11.6 Å². The van der Waals surface area contributed by atoms with Crippen molar-refractivity contribution in [1.29, 1.82) is 0 Å². The van der Waals surface area contributed by atoms with E-state index in [1.165, 1.54) is 0 Å². The smallest absolute Gasteiger partial charge is 0.317 e. The van der Waals surface area contributed by atoms with E-state index in [2.05, 4.69) is 25.9 Å². The van der Waals surface area contributed by atoms with Crippen molar-refractivity contribution in [3.8, 4) is 6.01 Å². The SMILES string of the molecule is CC(O)COc1ncc2cc(Br)ccc2n1. The monoisotopic (exact) mass is 282 g/mol. The van der Waals surface area contributed by atoms with E-state index in [4.69, 9.17) is 9.84 Å². The molecule has 0 spiro atoms. The molecule has 0 saturated carbocycles. The van der Waals surface area contributed by atoms with Gasteiger partial charge in [0.15, 0.2) is 0 Å². The molecule has 1 aromatic heterocycles. The van der Waals surface area contributed by atoms with Gasteiger partial charge < -0.3 is 9.84 Å². The molecule has 4 nitrogen and oxygen atoms in total. The second-order valence-electron chi connectivity index (χ2n) is 3.52. The van der Waals surface area contributed by atoms with Crippen molar-refractivity contribution in [2.24, 2.45) is 0 Å². The first-order valence-electron chi connectivity index (χ1n) is 4.88. The molecule has 2 rings (SSSR count). The van der Waals surface area contributed by atoms with Crippen molar-refractivity contribution in [1.82, 2.24) is 9.97 Å². The molecule has 84 valence electrons. The highest BCUT2D eigenvalue weighted by molar-refractivity contribution is 9.10. The second kappa shape index (κ2) is 4.76. The molecule has 0 bridgehead atoms. The minimum Gasteiger partial charge on any atom is -0.461 e. The Balaban J connectivity index is 2.26. The Morgan fingerprint density at radius 1 is 1.50 bits per heavy atom. The van der Waals surface area contributed by atoms with E-state index in [0.717, 1.165) is 15.4 Å². The van der Waals surface area contributed by atoms with E-state index >= 15 is 0 Å². The molecule has 0 fully saturated rings. The van der Waals surface area contributed by atoms with Crippen LogP contribution in [0.15, 0.2) is 28.9 Å². The number of aromatic nitrogens is 2. The van der Waals surface area contributed by atoms with Crippen LogP contribution in [0, 0.1) is 0 Å². The van der Waals surface area contributed by atoms with Gasteiger partial charge in [0.2, 0.25) is 0 Å². The van der Waals surface area contributed by atoms with Gasteiger partial charge in [-0.15, -0.1) is 0 Å². The van der Waals surface area contributed by atoms with Crippen molar-refractivity contribution in [3.05, 3.63) is 28.9 Å². The number of aliphatic hydroxyl groups is 1. The summed E-state index contributed by atoms with van der Waals surface area (Å²) < 4.78 is 6.21. The topological polar surface area (TPSA) is 55.2 Å². The van der Waals surface area contributed by atoms with Gasteiger partial charge in [-0.2, -0.15) is 4.98 Å². The average Bonchev–Trinajstić information content (AvgIpc) is 2.26. The number of fused-ring (bicyclic) bond motifs is 1. The molecule has 1 aromatic carbocycles. The lowest BCUT2D eigenvalue weighted by molar-refractivity contribution is 0.117. The first kappa shape index (κ1) is 11.3. The number of nitrogens with zero attached hydrogens (tertiary/aromatic N) is 2. The molecule has 1 atom stereocenters. The number of aliphatic hydroxyl groups excluding tert-OH is 1. The first-order chi connectivity index (χ1) is 7.65. The third-order valence-electron chi connectivity index (χ3n) is 1.97. The Bertz CT molecular complexity index is 502. The van der Waals surface area contributed by atoms with Crippen molar-refractivity contribution < 1.29 is 9.84 Å². The molecule has 2 aromatic rings. The van der Waals surface area contributed by atoms with Crippen LogP contribution in [-0.2, 0) is 0 Å². The van der Waals surface area contributed by atoms with Crippen LogP contribution in [0.5, 0.6) is 6.01 Å². The molecule has 0 aliphatic heterocycles. The number of ether oxygens (including phenoxy) is 1. The number of hydrogen-bond acceptors (Lipinski definition) is 4. The normalized spacial score (nSPS) is 12.7. The van der Waals surface area contributed by atoms with E-state index < -0.39 is 6.10 Å². The maximum absolute atomic E-state index is 9.08. The lowest BCUT2D eigenvalue weighted by Gasteiger charge is -2.06. The van der Waals surface area contributed by atoms with Crippen LogP contribution in [0.4, 0.5) is 0 Å². The summed E-state index contributed by atoms with van der Waals surface area (Å²) in [7, 11) is 0. The van der Waals surface area contributed by atoms with Gasteiger partial charge in [0.1, 0.15) is 6.61 Å². The summed E-state index contributed by atoms with van der Waals surface area (Å²) in [4.78, 5) is 8.28. The van der Waals surface area contributed by atoms with Crippen LogP contribution in [0.1, 0.15) is 6.92 Å². The number of rotatable bonds is 3. The van der Waals surface area contributed by atoms with Gasteiger partial charge in [-0.05, 0) is 25.1 Å². The van der Waals surface area contributed by atoms with E-state index in [1.807, 2.05) is 18.2 Å². The fourth-order valence-corrected chi connectivity index (χ4v) is 1.63. The third-order valence-corrected chi connectivity index (χ3v) is 2.47. The Kier molecular flexibility index (Phi) is 3.36. The molecule has 0 aliphatic rings. The maximum Gasteiger partial charge on any atom is 0.317 e. The molecule has 5 heteroatoms. The maximum atomic E-state index is 9.08. The molecular weight excluding hydrogens is 272 g/mol. The highest BCUT2D eigenvalue weighted by Crippen LogP contribution is 2.19. The lowest BCUT2D eigenvalue weighted by Crippen LogP contribution is -2.14. The molecule has 1 unspecified atom stereocenters. The Morgan fingerprint density at radius 3 is 3.06 bits per heavy atom. The van der Waals surface area contributed by atoms with Gasteiger partial charge in [-0.25, -0.2) is 4.98 Å². The van der Waals surface area contributed by atoms with E-state index in [-0.39, 0.29) is 12.6 Å². The Hall–Kier alpha value is -1.20. The second-order valence-corrected chi connectivity index (χ2v) is 4.43. The standard InChI is InChI=1S/C11H11BrN2O2/c1-7(15)6-16-11-13-5-8-4-9(12)2-3-10(8)14-11/h2-5,7,15H,6H2,1H3. The fourth-order valence-electron chi connectivity index (χ4n) is 1.25. The van der Waals surface area contributed by atoms with Crippen LogP contribution in [0.2, 0.25) is 0 Å². The van der Waals surface area contributed by atoms with Crippen molar-refractivity contribution in [3.63, 3.8) is 0 Å². The minimum atomic E-state index is -0.524. The van der Waals surface area contributed by atoms with E-state index in [1.54, 1.807) is 13.1 Å². The van der Waals surface area contributed by atoms with Crippen LogP contribution < -0.4 is 4.74 Å². The largest absolute Gasteiger partial charge is 0.461 e. The highest BCUT2D eigenvalue weighted by Gasteiger charge is 2.03. The highest BCUT2D eigenvalue weighted by atomic mass is 79.9. The zero-order valence-electron chi connectivity index (χ0n) is 8.72. The minimum absolute atomic E-state index is 0.196. The predicted molar refractivity (Wildman–Crippen MR) is 64.4 cm³/mol. The number of halogens is 1. The fraction of sp³-hybridized carbons (Fsp3) is 0.273. The molecular formula is C11H11BrN2O2. The number of hydrogen-bond donors (Lipinski definition) is 1. The molecule has 1 heterocycles. The van der Waals surface area contributed by atoms with E-state index in [9.17, 15) is 0 Å². The van der Waals surface area contributed by atoms with Crippen LogP contribution in [0.25, 0.3) is 10.9 Å². The summed E-state index contributed by atoms with van der Waals surface area (Å²) in [5.74, 6) is 0. The molecule has 0 radical (unpaired) electrons. The summed E-state index contributed by atoms with van der Waals surface area (Å²) in [5.41, 5.74) is 0.818.